The molecule has 0 aromatic carbocycles. The number of hydrogen-bond donors (Lipinski definition) is 2. The minimum absolute atomic E-state index is 0.0843. The molecule has 1 aliphatic rings. The van der Waals surface area contributed by atoms with Gasteiger partial charge in [0.15, 0.2) is 5.82 Å². The second-order valence-electron chi connectivity index (χ2n) is 6.57. The van der Waals surface area contributed by atoms with Crippen LogP contribution in [0.2, 0.25) is 0 Å². The number of carbonyl (C=O) groups excluding carboxylic acids is 1. The summed E-state index contributed by atoms with van der Waals surface area (Å²) in [7, 11) is 5.08. The first-order valence-corrected chi connectivity index (χ1v) is 7.76. The molecule has 2 N–H and O–H groups in total. The summed E-state index contributed by atoms with van der Waals surface area (Å²) in [4.78, 5) is 17.6. The van der Waals surface area contributed by atoms with Crippen molar-refractivity contribution in [3.05, 3.63) is 18.2 Å². The molecule has 0 spiro atoms. The van der Waals surface area contributed by atoms with E-state index in [1.165, 1.54) is 13.2 Å². The monoisotopic (exact) mass is 348 g/mol. The highest BCUT2D eigenvalue weighted by Gasteiger charge is 2.58. The molecular weight excluding hydrogens is 325 g/mol. The molecule has 1 heterocycles. The fourth-order valence-corrected chi connectivity index (χ4v) is 2.84. The fraction of sp³-hybridized carbons (Fsp3) is 0.733. The lowest BCUT2D eigenvalue weighted by Crippen LogP contribution is -2.49. The smallest absolute Gasteiger partial charge is 0.374 e. The molecule has 9 heteroatoms. The molecule has 2 rings (SSSR count). The number of likely N-dealkylation sites (N-methyl/N-ethyl adjacent to an activating group) is 1. The van der Waals surface area contributed by atoms with Gasteiger partial charge in [-0.1, -0.05) is 0 Å². The van der Waals surface area contributed by atoms with Gasteiger partial charge in [-0.2, -0.15) is 13.2 Å². The van der Waals surface area contributed by atoms with Crippen molar-refractivity contribution < 1.29 is 23.1 Å². The molecule has 24 heavy (non-hydrogen) atoms. The summed E-state index contributed by atoms with van der Waals surface area (Å²) >= 11 is 0. The van der Waals surface area contributed by atoms with Crippen LogP contribution in [0.15, 0.2) is 12.4 Å². The van der Waals surface area contributed by atoms with Crippen LogP contribution in [-0.2, 0) is 17.4 Å². The molecule has 0 saturated heterocycles. The molecule has 1 aromatic rings. The molecule has 1 amide bonds. The molecule has 2 atom stereocenters. The summed E-state index contributed by atoms with van der Waals surface area (Å²) in [5.74, 6) is -1.00. The van der Waals surface area contributed by atoms with Crippen LogP contribution in [0.1, 0.15) is 25.1 Å². The summed E-state index contributed by atoms with van der Waals surface area (Å²) in [5, 5.41) is 12.7. The molecular formula is C15H23F3N4O2. The summed E-state index contributed by atoms with van der Waals surface area (Å²) in [6.07, 6.45) is -1.58. The molecule has 1 aromatic heterocycles. The SMILES string of the molecule is CN(C)C(CNC(=O)CC(O)(c1nccn1C)C(F)(F)F)C1CC1. The summed E-state index contributed by atoms with van der Waals surface area (Å²) in [5.41, 5.74) is -3.32. The fourth-order valence-electron chi connectivity index (χ4n) is 2.84. The van der Waals surface area contributed by atoms with Crippen LogP contribution >= 0.6 is 0 Å². The Hall–Kier alpha value is -1.61. The van der Waals surface area contributed by atoms with E-state index in [4.69, 9.17) is 0 Å². The third kappa shape index (κ3) is 3.89. The Morgan fingerprint density at radius 2 is 2.12 bits per heavy atom. The predicted molar refractivity (Wildman–Crippen MR) is 81.0 cm³/mol. The Morgan fingerprint density at radius 3 is 2.54 bits per heavy atom. The standard InChI is InChI=1S/C15H23F3N4O2/c1-21(2)11(10-4-5-10)9-20-12(23)8-14(24,15(16,17)18)13-19-6-7-22(13)3/h6-7,10-11,24H,4-5,8-9H2,1-3H3,(H,20,23). The second-order valence-corrected chi connectivity index (χ2v) is 6.57. The second kappa shape index (κ2) is 6.72. The van der Waals surface area contributed by atoms with Gasteiger partial charge in [-0.15, -0.1) is 0 Å². The third-order valence-electron chi connectivity index (χ3n) is 4.41. The average Bonchev–Trinajstić information content (AvgIpc) is 3.18. The van der Waals surface area contributed by atoms with Crippen molar-refractivity contribution in [3.8, 4) is 0 Å². The van der Waals surface area contributed by atoms with Crippen LogP contribution < -0.4 is 5.32 Å². The lowest BCUT2D eigenvalue weighted by molar-refractivity contribution is -0.271. The van der Waals surface area contributed by atoms with E-state index in [-0.39, 0.29) is 12.6 Å². The van der Waals surface area contributed by atoms with Gasteiger partial charge in [-0.05, 0) is 32.9 Å². The van der Waals surface area contributed by atoms with E-state index >= 15 is 0 Å². The molecule has 0 aliphatic heterocycles. The molecule has 0 bridgehead atoms. The molecule has 1 saturated carbocycles. The Morgan fingerprint density at radius 1 is 1.50 bits per heavy atom. The van der Waals surface area contributed by atoms with Gasteiger partial charge < -0.3 is 19.9 Å². The van der Waals surface area contributed by atoms with Gasteiger partial charge in [0.2, 0.25) is 11.5 Å². The first kappa shape index (κ1) is 18.7. The minimum atomic E-state index is -5.01. The van der Waals surface area contributed by atoms with Crippen molar-refractivity contribution in [3.63, 3.8) is 0 Å². The van der Waals surface area contributed by atoms with E-state index in [2.05, 4.69) is 10.3 Å². The van der Waals surface area contributed by atoms with Crippen LogP contribution in [-0.4, -0.2) is 58.3 Å². The van der Waals surface area contributed by atoms with E-state index in [1.807, 2.05) is 19.0 Å². The molecule has 1 fully saturated rings. The zero-order valence-corrected chi connectivity index (χ0v) is 14.0. The maximum Gasteiger partial charge on any atom is 0.425 e. The molecule has 6 nitrogen and oxygen atoms in total. The van der Waals surface area contributed by atoms with Crippen molar-refractivity contribution in [1.29, 1.82) is 0 Å². The maximum atomic E-state index is 13.4. The zero-order valence-electron chi connectivity index (χ0n) is 14.0. The molecule has 0 radical (unpaired) electrons. The molecule has 1 aliphatic carbocycles. The van der Waals surface area contributed by atoms with Gasteiger partial charge in [-0.25, -0.2) is 4.98 Å². The van der Waals surface area contributed by atoms with Crippen LogP contribution in [0.3, 0.4) is 0 Å². The Balaban J connectivity index is 2.07. The minimum Gasteiger partial charge on any atom is -0.374 e. The topological polar surface area (TPSA) is 70.4 Å². The number of amides is 1. The molecule has 136 valence electrons. The number of alkyl halides is 3. The predicted octanol–water partition coefficient (Wildman–Crippen LogP) is 1.02. The zero-order chi connectivity index (χ0) is 18.1. The Bertz CT molecular complexity index is 582. The van der Waals surface area contributed by atoms with E-state index in [0.29, 0.717) is 5.92 Å². The van der Waals surface area contributed by atoms with Crippen molar-refractivity contribution >= 4 is 5.91 Å². The van der Waals surface area contributed by atoms with Gasteiger partial charge in [-0.3, -0.25) is 4.79 Å². The highest BCUT2D eigenvalue weighted by molar-refractivity contribution is 5.77. The number of aryl methyl sites for hydroxylation is 1. The lowest BCUT2D eigenvalue weighted by atomic mass is 9.97. The van der Waals surface area contributed by atoms with Gasteiger partial charge in [0.05, 0.1) is 6.42 Å². The van der Waals surface area contributed by atoms with Gasteiger partial charge in [0, 0.05) is 32.0 Å². The van der Waals surface area contributed by atoms with Crippen molar-refractivity contribution in [1.82, 2.24) is 19.8 Å². The Labute approximate surface area is 138 Å². The number of rotatable bonds is 7. The van der Waals surface area contributed by atoms with Gasteiger partial charge in [0.1, 0.15) is 0 Å². The van der Waals surface area contributed by atoms with Crippen LogP contribution in [0.25, 0.3) is 0 Å². The quantitative estimate of drug-likeness (QED) is 0.772. The number of imidazole rings is 1. The number of aromatic nitrogens is 2. The summed E-state index contributed by atoms with van der Waals surface area (Å²) in [6.45, 7) is 0.255. The first-order valence-electron chi connectivity index (χ1n) is 7.76. The highest BCUT2D eigenvalue weighted by atomic mass is 19.4. The summed E-state index contributed by atoms with van der Waals surface area (Å²) < 4.78 is 41.2. The van der Waals surface area contributed by atoms with Crippen molar-refractivity contribution in [2.24, 2.45) is 13.0 Å². The van der Waals surface area contributed by atoms with Crippen LogP contribution in [0.5, 0.6) is 0 Å². The van der Waals surface area contributed by atoms with Gasteiger partial charge in [0.25, 0.3) is 0 Å². The number of carbonyl (C=O) groups is 1. The third-order valence-corrected chi connectivity index (χ3v) is 4.41. The summed E-state index contributed by atoms with van der Waals surface area (Å²) in [6, 6.07) is 0.0843. The van der Waals surface area contributed by atoms with E-state index in [1.54, 1.807) is 0 Å². The van der Waals surface area contributed by atoms with E-state index in [0.717, 1.165) is 23.6 Å². The van der Waals surface area contributed by atoms with Crippen molar-refractivity contribution in [2.45, 2.75) is 37.1 Å². The van der Waals surface area contributed by atoms with Crippen molar-refractivity contribution in [2.75, 3.05) is 20.6 Å². The highest BCUT2D eigenvalue weighted by Crippen LogP contribution is 2.40. The van der Waals surface area contributed by atoms with E-state index < -0.39 is 29.9 Å². The number of nitrogens with one attached hydrogen (secondary N) is 1. The van der Waals surface area contributed by atoms with Gasteiger partial charge >= 0.3 is 6.18 Å². The average molecular weight is 348 g/mol. The number of nitrogens with zero attached hydrogens (tertiary/aromatic N) is 3. The number of hydrogen-bond acceptors (Lipinski definition) is 4. The first-order chi connectivity index (χ1) is 11.1. The Kier molecular flexibility index (Phi) is 5.24. The largest absolute Gasteiger partial charge is 0.425 e. The maximum absolute atomic E-state index is 13.4. The number of aliphatic hydroxyl groups is 1. The van der Waals surface area contributed by atoms with Crippen LogP contribution in [0.4, 0.5) is 13.2 Å². The van der Waals surface area contributed by atoms with E-state index in [9.17, 15) is 23.1 Å². The molecule has 2 unspecified atom stereocenters. The normalized spacial score (nSPS) is 19.2. The van der Waals surface area contributed by atoms with Crippen LogP contribution in [0, 0.1) is 5.92 Å². The lowest BCUT2D eigenvalue weighted by Gasteiger charge is -2.30. The number of halogens is 3.